The third kappa shape index (κ3) is 3.58. The Morgan fingerprint density at radius 3 is 2.62 bits per heavy atom. The summed E-state index contributed by atoms with van der Waals surface area (Å²) in [5, 5.41) is 6.05. The van der Waals surface area contributed by atoms with Crippen LogP contribution in [0.3, 0.4) is 0 Å². The minimum Gasteiger partial charge on any atom is -0.306 e. The van der Waals surface area contributed by atoms with Crippen molar-refractivity contribution in [1.82, 2.24) is 5.32 Å². The van der Waals surface area contributed by atoms with Gasteiger partial charge in [0.15, 0.2) is 0 Å². The van der Waals surface area contributed by atoms with E-state index in [0.717, 1.165) is 5.92 Å². The van der Waals surface area contributed by atoms with Crippen molar-refractivity contribution in [3.63, 3.8) is 0 Å². The normalized spacial score (nSPS) is 23.0. The van der Waals surface area contributed by atoms with Gasteiger partial charge < -0.3 is 5.32 Å². The zero-order valence-corrected chi connectivity index (χ0v) is 15.0. The summed E-state index contributed by atoms with van der Waals surface area (Å²) < 4.78 is 1.19. The number of thiophene rings is 1. The van der Waals surface area contributed by atoms with Crippen LogP contribution in [0.15, 0.2) is 46.3 Å². The van der Waals surface area contributed by atoms with Gasteiger partial charge in [0.1, 0.15) is 0 Å². The molecule has 1 fully saturated rings. The van der Waals surface area contributed by atoms with Crippen LogP contribution in [0.4, 0.5) is 0 Å². The molecule has 0 saturated heterocycles. The molecule has 1 atom stereocenters. The highest BCUT2D eigenvalue weighted by atomic mass is 79.9. The predicted molar refractivity (Wildman–Crippen MR) is 94.9 cm³/mol. The summed E-state index contributed by atoms with van der Waals surface area (Å²) >= 11 is 5.44. The lowest BCUT2D eigenvalue weighted by Gasteiger charge is -2.39. The average Bonchev–Trinajstić information content (AvgIpc) is 2.90. The van der Waals surface area contributed by atoms with Crippen molar-refractivity contribution in [1.29, 1.82) is 0 Å². The van der Waals surface area contributed by atoms with Gasteiger partial charge in [0, 0.05) is 21.4 Å². The van der Waals surface area contributed by atoms with Crippen molar-refractivity contribution in [2.45, 2.75) is 44.7 Å². The number of rotatable bonds is 5. The van der Waals surface area contributed by atoms with Crippen molar-refractivity contribution in [2.24, 2.45) is 5.92 Å². The van der Waals surface area contributed by atoms with Crippen LogP contribution in [0.25, 0.3) is 0 Å². The molecule has 3 rings (SSSR count). The summed E-state index contributed by atoms with van der Waals surface area (Å²) in [6.45, 7) is 4.61. The first-order valence-electron chi connectivity index (χ1n) is 7.68. The van der Waals surface area contributed by atoms with Crippen molar-refractivity contribution >= 4 is 27.3 Å². The number of benzene rings is 1. The molecule has 0 bridgehead atoms. The van der Waals surface area contributed by atoms with Gasteiger partial charge in [-0.3, -0.25) is 0 Å². The highest BCUT2D eigenvalue weighted by Gasteiger charge is 2.32. The lowest BCUT2D eigenvalue weighted by atomic mass is 9.75. The van der Waals surface area contributed by atoms with Gasteiger partial charge in [-0.25, -0.2) is 0 Å². The van der Waals surface area contributed by atoms with Gasteiger partial charge in [-0.15, -0.1) is 11.3 Å². The smallest absolute Gasteiger partial charge is 0.0440 e. The average molecular weight is 364 g/mol. The van der Waals surface area contributed by atoms with E-state index in [1.807, 2.05) is 11.3 Å². The fraction of sp³-hybridized carbons (Fsp3) is 0.444. The van der Waals surface area contributed by atoms with E-state index in [1.165, 1.54) is 27.8 Å². The van der Waals surface area contributed by atoms with Crippen molar-refractivity contribution < 1.29 is 0 Å². The summed E-state index contributed by atoms with van der Waals surface area (Å²) in [5.41, 5.74) is 1.47. The van der Waals surface area contributed by atoms with E-state index in [1.54, 1.807) is 0 Å². The molecular formula is C18H22BrNS. The summed E-state index contributed by atoms with van der Waals surface area (Å²) in [7, 11) is 0. The molecule has 1 heterocycles. The van der Waals surface area contributed by atoms with Gasteiger partial charge in [-0.05, 0) is 53.8 Å². The molecule has 1 aliphatic carbocycles. The molecule has 1 aromatic carbocycles. The van der Waals surface area contributed by atoms with Crippen LogP contribution in [0, 0.1) is 5.92 Å². The van der Waals surface area contributed by atoms with Crippen LogP contribution in [-0.2, 0) is 0 Å². The highest BCUT2D eigenvalue weighted by Crippen LogP contribution is 2.39. The highest BCUT2D eigenvalue weighted by molar-refractivity contribution is 9.10. The minimum atomic E-state index is 0.499. The lowest BCUT2D eigenvalue weighted by Crippen LogP contribution is -2.43. The molecule has 1 unspecified atom stereocenters. The standard InChI is InChI=1S/C18H22BrNS/c1-12(2)18(17-7-4-8-21-17)20-16-10-14(11-16)13-5-3-6-15(19)9-13/h3-9,12,14,16,18,20H,10-11H2,1-2H3. The van der Waals surface area contributed by atoms with Crippen LogP contribution in [-0.4, -0.2) is 6.04 Å². The molecule has 3 heteroatoms. The summed E-state index contributed by atoms with van der Waals surface area (Å²) in [6.07, 6.45) is 2.51. The summed E-state index contributed by atoms with van der Waals surface area (Å²) in [4.78, 5) is 1.47. The largest absolute Gasteiger partial charge is 0.306 e. The first kappa shape index (κ1) is 15.3. The summed E-state index contributed by atoms with van der Waals surface area (Å²) in [5.74, 6) is 1.35. The molecule has 1 aromatic heterocycles. The minimum absolute atomic E-state index is 0.499. The molecule has 0 amide bonds. The van der Waals surface area contributed by atoms with E-state index in [4.69, 9.17) is 0 Å². The second-order valence-corrected chi connectivity index (χ2v) is 8.22. The maximum absolute atomic E-state index is 3.87. The van der Waals surface area contributed by atoms with Gasteiger partial charge in [0.2, 0.25) is 0 Å². The maximum Gasteiger partial charge on any atom is 0.0440 e. The second-order valence-electron chi connectivity index (χ2n) is 6.32. The Labute approximate surface area is 139 Å². The first-order chi connectivity index (χ1) is 10.1. The molecule has 21 heavy (non-hydrogen) atoms. The van der Waals surface area contributed by atoms with Gasteiger partial charge in [0.25, 0.3) is 0 Å². The van der Waals surface area contributed by atoms with E-state index < -0.39 is 0 Å². The second kappa shape index (κ2) is 6.64. The van der Waals surface area contributed by atoms with E-state index in [-0.39, 0.29) is 0 Å². The molecule has 1 saturated carbocycles. The maximum atomic E-state index is 3.87. The molecule has 1 aliphatic rings. The number of halogens is 1. The predicted octanol–water partition coefficient (Wildman–Crippen LogP) is 5.74. The zero-order chi connectivity index (χ0) is 14.8. The fourth-order valence-electron chi connectivity index (χ4n) is 3.11. The van der Waals surface area contributed by atoms with Crippen molar-refractivity contribution in [3.8, 4) is 0 Å². The van der Waals surface area contributed by atoms with Crippen molar-refractivity contribution in [2.75, 3.05) is 0 Å². The Kier molecular flexibility index (Phi) is 4.82. The topological polar surface area (TPSA) is 12.0 Å². The Bertz CT molecular complexity index is 573. The molecule has 0 aliphatic heterocycles. The lowest BCUT2D eigenvalue weighted by molar-refractivity contribution is 0.243. The van der Waals surface area contributed by atoms with E-state index >= 15 is 0 Å². The van der Waals surface area contributed by atoms with Crippen LogP contribution in [0.2, 0.25) is 0 Å². The number of nitrogens with one attached hydrogen (secondary N) is 1. The number of hydrogen-bond acceptors (Lipinski definition) is 2. The quantitative estimate of drug-likeness (QED) is 0.713. The Balaban J connectivity index is 1.59. The monoisotopic (exact) mass is 363 g/mol. The first-order valence-corrected chi connectivity index (χ1v) is 9.35. The van der Waals surface area contributed by atoms with Gasteiger partial charge in [-0.1, -0.05) is 48.0 Å². The van der Waals surface area contributed by atoms with E-state index in [2.05, 4.69) is 76.9 Å². The molecule has 1 nitrogen and oxygen atoms in total. The molecule has 2 aromatic rings. The van der Waals surface area contributed by atoms with E-state index in [0.29, 0.717) is 18.0 Å². The molecule has 0 radical (unpaired) electrons. The van der Waals surface area contributed by atoms with Crippen LogP contribution in [0.5, 0.6) is 0 Å². The van der Waals surface area contributed by atoms with E-state index in [9.17, 15) is 0 Å². The molecule has 112 valence electrons. The third-order valence-corrected chi connectivity index (χ3v) is 5.84. The van der Waals surface area contributed by atoms with Crippen LogP contribution >= 0.6 is 27.3 Å². The Morgan fingerprint density at radius 2 is 2.00 bits per heavy atom. The number of hydrogen-bond donors (Lipinski definition) is 1. The fourth-order valence-corrected chi connectivity index (χ4v) is 4.49. The SMILES string of the molecule is CC(C)C(NC1CC(c2cccc(Br)c2)C1)c1cccs1. The van der Waals surface area contributed by atoms with Gasteiger partial charge >= 0.3 is 0 Å². The molecule has 0 spiro atoms. The molecular weight excluding hydrogens is 342 g/mol. The summed E-state index contributed by atoms with van der Waals surface area (Å²) in [6, 6.07) is 14.3. The third-order valence-electron chi connectivity index (χ3n) is 4.39. The molecule has 1 N–H and O–H groups in total. The zero-order valence-electron chi connectivity index (χ0n) is 12.6. The van der Waals surface area contributed by atoms with Gasteiger partial charge in [0.05, 0.1) is 0 Å². The van der Waals surface area contributed by atoms with Crippen molar-refractivity contribution in [3.05, 3.63) is 56.7 Å². The Hall–Kier alpha value is -0.640. The van der Waals surface area contributed by atoms with Crippen LogP contribution in [0.1, 0.15) is 49.1 Å². The van der Waals surface area contributed by atoms with Gasteiger partial charge in [-0.2, -0.15) is 0 Å². The Morgan fingerprint density at radius 1 is 1.19 bits per heavy atom. The van der Waals surface area contributed by atoms with Crippen LogP contribution < -0.4 is 5.32 Å².